The third-order valence-electron chi connectivity index (χ3n) is 3.34. The minimum absolute atomic E-state index is 0.156. The van der Waals surface area contributed by atoms with Gasteiger partial charge in [0.15, 0.2) is 0 Å². The molecule has 0 bridgehead atoms. The van der Waals surface area contributed by atoms with Crippen LogP contribution in [0.15, 0.2) is 40.9 Å². The van der Waals surface area contributed by atoms with E-state index in [1.165, 1.54) is 0 Å². The monoisotopic (exact) mass is 348 g/mol. The number of aromatic hydroxyl groups is 1. The molecule has 1 heterocycles. The van der Waals surface area contributed by atoms with Crippen molar-refractivity contribution in [3.8, 4) is 17.2 Å². The van der Waals surface area contributed by atoms with Gasteiger partial charge in [-0.15, -0.1) is 0 Å². The van der Waals surface area contributed by atoms with Crippen molar-refractivity contribution in [2.45, 2.75) is 5.92 Å². The van der Waals surface area contributed by atoms with E-state index in [4.69, 9.17) is 20.6 Å². The lowest BCUT2D eigenvalue weighted by Crippen LogP contribution is -2.21. The fraction of sp³-hybridized carbons (Fsp3) is 0.133. The molecule has 4 N–H and O–H groups in total. The fourth-order valence-electron chi connectivity index (χ4n) is 2.42. The van der Waals surface area contributed by atoms with Crippen molar-refractivity contribution < 1.29 is 14.6 Å². The lowest BCUT2D eigenvalue weighted by Gasteiger charge is -2.28. The van der Waals surface area contributed by atoms with Crippen LogP contribution in [-0.4, -0.2) is 17.7 Å². The van der Waals surface area contributed by atoms with E-state index in [0.29, 0.717) is 5.75 Å². The van der Waals surface area contributed by atoms with Crippen LogP contribution in [0.2, 0.25) is 0 Å². The molecule has 0 radical (unpaired) electrons. The first kappa shape index (κ1) is 13.8. The Morgan fingerprint density at radius 1 is 1.24 bits per heavy atom. The van der Waals surface area contributed by atoms with Gasteiger partial charge in [0.05, 0.1) is 5.92 Å². The molecule has 108 valence electrons. The van der Waals surface area contributed by atoms with Crippen LogP contribution in [0, 0.1) is 5.41 Å². The van der Waals surface area contributed by atoms with Crippen LogP contribution in [-0.2, 0) is 4.74 Å². The Morgan fingerprint density at radius 3 is 2.62 bits per heavy atom. The second kappa shape index (κ2) is 5.29. The number of nitrogens with two attached hydrogens (primary N) is 1. The van der Waals surface area contributed by atoms with Crippen molar-refractivity contribution in [3.63, 3.8) is 0 Å². The normalized spacial score (nSPS) is 15.6. The van der Waals surface area contributed by atoms with Crippen LogP contribution in [0.25, 0.3) is 0 Å². The second-order valence-corrected chi connectivity index (χ2v) is 5.65. The molecule has 21 heavy (non-hydrogen) atoms. The number of hydrogen-bond donors (Lipinski definition) is 3. The van der Waals surface area contributed by atoms with Gasteiger partial charge in [0, 0.05) is 15.6 Å². The SMILES string of the molecule is N=C(N)OC[C@@H]1c2cc(O)ccc2Oc2ccc(Br)cc21. The predicted molar refractivity (Wildman–Crippen MR) is 82.0 cm³/mol. The molecule has 0 unspecified atom stereocenters. The molecule has 0 aromatic heterocycles. The number of hydrogen-bond acceptors (Lipinski definition) is 4. The van der Waals surface area contributed by atoms with Crippen LogP contribution in [0.4, 0.5) is 0 Å². The third-order valence-corrected chi connectivity index (χ3v) is 3.83. The Labute approximate surface area is 129 Å². The molecule has 0 amide bonds. The summed E-state index contributed by atoms with van der Waals surface area (Å²) < 4.78 is 12.0. The summed E-state index contributed by atoms with van der Waals surface area (Å²) in [5.41, 5.74) is 7.01. The molecule has 2 aromatic rings. The summed E-state index contributed by atoms with van der Waals surface area (Å²) in [5, 5.41) is 16.9. The van der Waals surface area contributed by atoms with Gasteiger partial charge in [-0.25, -0.2) is 0 Å². The molecule has 0 saturated carbocycles. The van der Waals surface area contributed by atoms with E-state index in [-0.39, 0.29) is 24.3 Å². The van der Waals surface area contributed by atoms with Gasteiger partial charge in [0.2, 0.25) is 0 Å². The van der Waals surface area contributed by atoms with E-state index in [1.54, 1.807) is 18.2 Å². The molecule has 0 aliphatic carbocycles. The standard InChI is InChI=1S/C15H13BrN2O3/c16-8-1-3-13-10(5-8)12(7-20-15(17)18)11-6-9(19)2-4-14(11)21-13/h1-6,12,19H,7H2,(H3,17,18)/t12-/m0/s1. The fourth-order valence-corrected chi connectivity index (χ4v) is 2.80. The van der Waals surface area contributed by atoms with Crippen LogP contribution in [0.5, 0.6) is 17.2 Å². The molecule has 5 nitrogen and oxygen atoms in total. The number of phenols is 1. The number of amidine groups is 1. The summed E-state index contributed by atoms with van der Waals surface area (Å²) in [7, 11) is 0. The molecule has 0 spiro atoms. The quantitative estimate of drug-likeness (QED) is 0.573. The van der Waals surface area contributed by atoms with Gasteiger partial charge in [-0.05, 0) is 36.4 Å². The first-order valence-electron chi connectivity index (χ1n) is 6.31. The van der Waals surface area contributed by atoms with Crippen molar-refractivity contribution in [1.29, 1.82) is 5.41 Å². The zero-order chi connectivity index (χ0) is 15.0. The summed E-state index contributed by atoms with van der Waals surface area (Å²) in [4.78, 5) is 0. The lowest BCUT2D eigenvalue weighted by molar-refractivity contribution is 0.274. The van der Waals surface area contributed by atoms with Gasteiger partial charge in [0.25, 0.3) is 6.02 Å². The number of phenolic OH excluding ortho intramolecular Hbond substituents is 1. The molecule has 2 aromatic carbocycles. The van der Waals surface area contributed by atoms with Crippen LogP contribution in [0.1, 0.15) is 17.0 Å². The van der Waals surface area contributed by atoms with E-state index in [1.807, 2.05) is 18.2 Å². The highest BCUT2D eigenvalue weighted by molar-refractivity contribution is 9.10. The van der Waals surface area contributed by atoms with Gasteiger partial charge < -0.3 is 20.3 Å². The number of rotatable bonds is 2. The Balaban J connectivity index is 2.09. The number of fused-ring (bicyclic) bond motifs is 2. The maximum atomic E-state index is 9.71. The summed E-state index contributed by atoms with van der Waals surface area (Å²) in [6.45, 7) is 0.207. The average Bonchev–Trinajstić information content (AvgIpc) is 2.44. The van der Waals surface area contributed by atoms with Crippen molar-refractivity contribution >= 4 is 22.0 Å². The molecule has 1 atom stereocenters. The van der Waals surface area contributed by atoms with Gasteiger partial charge >= 0.3 is 0 Å². The van der Waals surface area contributed by atoms with Crippen molar-refractivity contribution in [3.05, 3.63) is 52.0 Å². The second-order valence-electron chi connectivity index (χ2n) is 4.73. The van der Waals surface area contributed by atoms with Crippen LogP contribution < -0.4 is 10.5 Å². The van der Waals surface area contributed by atoms with E-state index in [9.17, 15) is 5.11 Å². The molecule has 1 aliphatic rings. The lowest BCUT2D eigenvalue weighted by atomic mass is 9.88. The van der Waals surface area contributed by atoms with E-state index < -0.39 is 0 Å². The van der Waals surface area contributed by atoms with Crippen molar-refractivity contribution in [2.75, 3.05) is 6.61 Å². The highest BCUT2D eigenvalue weighted by Gasteiger charge is 2.28. The van der Waals surface area contributed by atoms with E-state index in [2.05, 4.69) is 15.9 Å². The maximum absolute atomic E-state index is 9.71. The summed E-state index contributed by atoms with van der Waals surface area (Å²) in [5.74, 6) is 1.38. The minimum atomic E-state index is -0.334. The average molecular weight is 349 g/mol. The molecular weight excluding hydrogens is 336 g/mol. The number of nitrogens with one attached hydrogen (secondary N) is 1. The first-order chi connectivity index (χ1) is 10.0. The zero-order valence-electron chi connectivity index (χ0n) is 11.0. The smallest absolute Gasteiger partial charge is 0.279 e. The highest BCUT2D eigenvalue weighted by atomic mass is 79.9. The van der Waals surface area contributed by atoms with Crippen LogP contribution in [0.3, 0.4) is 0 Å². The van der Waals surface area contributed by atoms with Crippen molar-refractivity contribution in [1.82, 2.24) is 0 Å². The summed E-state index contributed by atoms with van der Waals surface area (Å²) in [6.07, 6.45) is 0. The highest BCUT2D eigenvalue weighted by Crippen LogP contribution is 2.46. The minimum Gasteiger partial charge on any atom is -0.508 e. The Hall–Kier alpha value is -2.21. The maximum Gasteiger partial charge on any atom is 0.279 e. The number of halogens is 1. The topological polar surface area (TPSA) is 88.6 Å². The third kappa shape index (κ3) is 2.67. The largest absolute Gasteiger partial charge is 0.508 e. The van der Waals surface area contributed by atoms with Gasteiger partial charge in [-0.3, -0.25) is 5.41 Å². The molecule has 3 rings (SSSR count). The molecule has 1 aliphatic heterocycles. The number of benzene rings is 2. The van der Waals surface area contributed by atoms with Crippen molar-refractivity contribution in [2.24, 2.45) is 5.73 Å². The first-order valence-corrected chi connectivity index (χ1v) is 7.11. The molecule has 0 saturated heterocycles. The Morgan fingerprint density at radius 2 is 1.90 bits per heavy atom. The van der Waals surface area contributed by atoms with Gasteiger partial charge in [-0.1, -0.05) is 15.9 Å². The van der Waals surface area contributed by atoms with Crippen LogP contribution >= 0.6 is 15.9 Å². The molecule has 6 heteroatoms. The Bertz CT molecular complexity index is 667. The van der Waals surface area contributed by atoms with E-state index >= 15 is 0 Å². The summed E-state index contributed by atoms with van der Waals surface area (Å²) >= 11 is 3.44. The van der Waals surface area contributed by atoms with Gasteiger partial charge in [0.1, 0.15) is 23.9 Å². The Kier molecular flexibility index (Phi) is 3.47. The molecular formula is C15H13BrN2O3. The summed E-state index contributed by atoms with van der Waals surface area (Å²) in [6, 6.07) is 10.3. The number of ether oxygens (including phenoxy) is 2. The van der Waals surface area contributed by atoms with Gasteiger partial charge in [-0.2, -0.15) is 0 Å². The predicted octanol–water partition coefficient (Wildman–Crippen LogP) is 3.30. The zero-order valence-corrected chi connectivity index (χ0v) is 12.6. The van der Waals surface area contributed by atoms with E-state index in [0.717, 1.165) is 21.3 Å². The molecule has 0 fully saturated rings.